The molecule has 0 aliphatic carbocycles. The van der Waals surface area contributed by atoms with Crippen molar-refractivity contribution < 1.29 is 24.4 Å². The average Bonchev–Trinajstić information content (AvgIpc) is 2.71. The van der Waals surface area contributed by atoms with Crippen LogP contribution >= 0.6 is 15.9 Å². The summed E-state index contributed by atoms with van der Waals surface area (Å²) < 4.78 is 0.760. The van der Waals surface area contributed by atoms with Gasteiger partial charge in [-0.25, -0.2) is 4.79 Å². The number of carbonyl (C=O) groups excluding carboxylic acids is 2. The molecule has 1 unspecified atom stereocenters. The Bertz CT molecular complexity index is 1030. The molecule has 1 atom stereocenters. The third-order valence-corrected chi connectivity index (χ3v) is 4.74. The first-order chi connectivity index (χ1) is 14.6. The first-order valence-electron chi connectivity index (χ1n) is 9.15. The van der Waals surface area contributed by atoms with E-state index in [4.69, 9.17) is 0 Å². The predicted molar refractivity (Wildman–Crippen MR) is 117 cm³/mol. The summed E-state index contributed by atoms with van der Waals surface area (Å²) in [6, 6.07) is 10.7. The van der Waals surface area contributed by atoms with Gasteiger partial charge in [-0.2, -0.15) is 0 Å². The largest absolute Gasteiger partial charge is 0.480 e. The molecule has 31 heavy (non-hydrogen) atoms. The van der Waals surface area contributed by atoms with Crippen molar-refractivity contribution >= 4 is 45.5 Å². The van der Waals surface area contributed by atoms with Crippen LogP contribution in [0.4, 0.5) is 5.69 Å². The molecule has 3 N–H and O–H groups in total. The van der Waals surface area contributed by atoms with Gasteiger partial charge in [0.15, 0.2) is 0 Å². The molecule has 2 aromatic rings. The van der Waals surface area contributed by atoms with E-state index in [2.05, 4.69) is 26.6 Å². The number of hydrogen-bond acceptors (Lipinski definition) is 5. The van der Waals surface area contributed by atoms with E-state index in [1.807, 2.05) is 0 Å². The monoisotopic (exact) mass is 489 g/mol. The number of rotatable bonds is 8. The van der Waals surface area contributed by atoms with Crippen molar-refractivity contribution in [2.75, 3.05) is 0 Å². The highest BCUT2D eigenvalue weighted by molar-refractivity contribution is 9.10. The molecule has 0 saturated carbocycles. The summed E-state index contributed by atoms with van der Waals surface area (Å²) in [5.74, 6) is -3.08. The molecule has 2 rings (SSSR count). The van der Waals surface area contributed by atoms with Gasteiger partial charge in [-0.1, -0.05) is 41.9 Å². The van der Waals surface area contributed by atoms with Crippen LogP contribution in [-0.4, -0.2) is 33.9 Å². The number of nitrogens with one attached hydrogen (secondary N) is 2. The Kier molecular flexibility index (Phi) is 8.03. The molecule has 0 saturated heterocycles. The van der Waals surface area contributed by atoms with E-state index in [0.717, 1.165) is 4.47 Å². The number of carbonyl (C=O) groups is 3. The highest BCUT2D eigenvalue weighted by Crippen LogP contribution is 2.16. The van der Waals surface area contributed by atoms with Gasteiger partial charge in [0.05, 0.1) is 4.92 Å². The topological polar surface area (TPSA) is 139 Å². The number of non-ortho nitro benzene ring substituents is 1. The smallest absolute Gasteiger partial charge is 0.326 e. The van der Waals surface area contributed by atoms with Crippen LogP contribution in [0.2, 0.25) is 0 Å². The van der Waals surface area contributed by atoms with Crippen molar-refractivity contribution in [3.63, 3.8) is 0 Å². The van der Waals surface area contributed by atoms with Crippen molar-refractivity contribution in [1.82, 2.24) is 10.6 Å². The Labute approximate surface area is 186 Å². The molecular formula is C21H20BrN3O6. The molecule has 2 amide bonds. The number of benzene rings is 2. The van der Waals surface area contributed by atoms with Crippen LogP contribution in [0.3, 0.4) is 0 Å². The number of hydrogen-bond donors (Lipinski definition) is 3. The lowest BCUT2D eigenvalue weighted by Crippen LogP contribution is -2.47. The van der Waals surface area contributed by atoms with Gasteiger partial charge in [0, 0.05) is 22.2 Å². The normalized spacial score (nSPS) is 12.2. The minimum Gasteiger partial charge on any atom is -0.480 e. The molecule has 2 aromatic carbocycles. The van der Waals surface area contributed by atoms with Gasteiger partial charge < -0.3 is 15.7 Å². The number of carboxylic acid groups (broad SMARTS) is 1. The first kappa shape index (κ1) is 23.7. The lowest BCUT2D eigenvalue weighted by molar-refractivity contribution is -0.384. The zero-order chi connectivity index (χ0) is 23.1. The second kappa shape index (κ2) is 10.5. The van der Waals surface area contributed by atoms with E-state index in [-0.39, 0.29) is 22.5 Å². The fraction of sp³-hybridized carbons (Fsp3) is 0.190. The standard InChI is InChI=1S/C21H20BrN3O6/c1-12(2)18(21(28)29)24-20(27)17(11-13-4-3-5-16(10-13)25(30)31)23-19(26)14-6-8-15(22)9-7-14/h3-12,18H,1-2H3,(H,23,26)(H,24,27)(H,28,29). The maximum atomic E-state index is 12.8. The highest BCUT2D eigenvalue weighted by Gasteiger charge is 2.26. The van der Waals surface area contributed by atoms with Crippen LogP contribution in [0.25, 0.3) is 6.08 Å². The SMILES string of the molecule is CC(C)C(NC(=O)C(=Cc1cccc([N+](=O)[O-])c1)NC(=O)c1ccc(Br)cc1)C(=O)O. The Morgan fingerprint density at radius 2 is 1.77 bits per heavy atom. The van der Waals surface area contributed by atoms with E-state index in [9.17, 15) is 29.6 Å². The van der Waals surface area contributed by atoms with Crippen LogP contribution in [-0.2, 0) is 9.59 Å². The van der Waals surface area contributed by atoms with Gasteiger partial charge in [-0.05, 0) is 41.8 Å². The van der Waals surface area contributed by atoms with Crippen LogP contribution in [0, 0.1) is 16.0 Å². The Hall–Kier alpha value is -3.53. The van der Waals surface area contributed by atoms with E-state index in [1.54, 1.807) is 26.0 Å². The second-order valence-corrected chi connectivity index (χ2v) is 7.82. The number of halogens is 1. The summed E-state index contributed by atoms with van der Waals surface area (Å²) in [5, 5.41) is 25.2. The predicted octanol–water partition coefficient (Wildman–Crippen LogP) is 3.35. The molecule has 9 nitrogen and oxygen atoms in total. The summed E-state index contributed by atoms with van der Waals surface area (Å²) in [5.41, 5.74) is 0.102. The molecule has 0 radical (unpaired) electrons. The Balaban J connectivity index is 2.40. The molecule has 0 fully saturated rings. The highest BCUT2D eigenvalue weighted by atomic mass is 79.9. The van der Waals surface area contributed by atoms with Crippen LogP contribution in [0.5, 0.6) is 0 Å². The van der Waals surface area contributed by atoms with Crippen LogP contribution in [0.15, 0.2) is 58.7 Å². The molecule has 0 heterocycles. The molecule has 10 heteroatoms. The molecule has 0 bridgehead atoms. The number of nitro benzene ring substituents is 1. The number of carboxylic acids is 1. The third-order valence-electron chi connectivity index (χ3n) is 4.21. The maximum absolute atomic E-state index is 12.8. The van der Waals surface area contributed by atoms with E-state index in [1.165, 1.54) is 42.5 Å². The van der Waals surface area contributed by atoms with Crippen LogP contribution < -0.4 is 10.6 Å². The minimum atomic E-state index is -1.22. The summed E-state index contributed by atoms with van der Waals surface area (Å²) in [6.45, 7) is 3.26. The van der Waals surface area contributed by atoms with Crippen molar-refractivity contribution in [2.45, 2.75) is 19.9 Å². The van der Waals surface area contributed by atoms with Gasteiger partial charge in [-0.3, -0.25) is 19.7 Å². The lowest BCUT2D eigenvalue weighted by atomic mass is 10.0. The fourth-order valence-electron chi connectivity index (χ4n) is 2.58. The summed E-state index contributed by atoms with van der Waals surface area (Å²) in [7, 11) is 0. The van der Waals surface area contributed by atoms with Gasteiger partial charge in [0.25, 0.3) is 17.5 Å². The zero-order valence-electron chi connectivity index (χ0n) is 16.7. The summed E-state index contributed by atoms with van der Waals surface area (Å²) >= 11 is 3.27. The molecule has 162 valence electrons. The number of nitrogens with zero attached hydrogens (tertiary/aromatic N) is 1. The second-order valence-electron chi connectivity index (χ2n) is 6.90. The van der Waals surface area contributed by atoms with Gasteiger partial charge >= 0.3 is 5.97 Å². The van der Waals surface area contributed by atoms with Gasteiger partial charge in [-0.15, -0.1) is 0 Å². The quantitative estimate of drug-likeness (QED) is 0.295. The fourth-order valence-corrected chi connectivity index (χ4v) is 2.85. The molecule has 0 aliphatic rings. The summed E-state index contributed by atoms with van der Waals surface area (Å²) in [4.78, 5) is 47.3. The number of aliphatic carboxylic acids is 1. The third kappa shape index (κ3) is 6.75. The maximum Gasteiger partial charge on any atom is 0.326 e. The number of amides is 2. The minimum absolute atomic E-state index is 0.196. The van der Waals surface area contributed by atoms with E-state index >= 15 is 0 Å². The average molecular weight is 490 g/mol. The molecule has 0 spiro atoms. The summed E-state index contributed by atoms with van der Waals surface area (Å²) in [6.07, 6.45) is 1.25. The molecule has 0 aromatic heterocycles. The zero-order valence-corrected chi connectivity index (χ0v) is 18.3. The van der Waals surface area contributed by atoms with Crippen molar-refractivity contribution in [1.29, 1.82) is 0 Å². The van der Waals surface area contributed by atoms with Crippen LogP contribution in [0.1, 0.15) is 29.8 Å². The van der Waals surface area contributed by atoms with Gasteiger partial charge in [0.2, 0.25) is 0 Å². The van der Waals surface area contributed by atoms with Crippen molar-refractivity contribution in [3.8, 4) is 0 Å². The van der Waals surface area contributed by atoms with Crippen molar-refractivity contribution in [3.05, 3.63) is 79.9 Å². The lowest BCUT2D eigenvalue weighted by Gasteiger charge is -2.19. The first-order valence-corrected chi connectivity index (χ1v) is 9.94. The Morgan fingerprint density at radius 1 is 1.13 bits per heavy atom. The van der Waals surface area contributed by atoms with E-state index in [0.29, 0.717) is 0 Å². The van der Waals surface area contributed by atoms with Gasteiger partial charge in [0.1, 0.15) is 11.7 Å². The van der Waals surface area contributed by atoms with E-state index < -0.39 is 34.7 Å². The molecular weight excluding hydrogens is 470 g/mol. The number of nitro groups is 1. The molecule has 0 aliphatic heterocycles. The Morgan fingerprint density at radius 3 is 2.32 bits per heavy atom. The van der Waals surface area contributed by atoms with Crippen molar-refractivity contribution in [2.24, 2.45) is 5.92 Å².